The molecule has 0 saturated heterocycles. The first kappa shape index (κ1) is 68.0. The predicted molar refractivity (Wildman–Crippen MR) is 350 cm³/mol. The number of anilines is 13. The molecule has 0 aromatic heterocycles. The summed E-state index contributed by atoms with van der Waals surface area (Å²) in [6, 6.07) is 73.7. The molecule has 0 spiro atoms. The molecule has 434 valence electrons. The first-order valence-electron chi connectivity index (χ1n) is 25.1. The average Bonchev–Trinajstić information content (AvgIpc) is 3.61. The molecule has 0 saturated carbocycles. The second kappa shape index (κ2) is 40.2. The normalized spacial score (nSPS) is 8.99. The molecule has 10 aromatic rings. The van der Waals surface area contributed by atoms with Crippen molar-refractivity contribution in [2.45, 2.75) is 6.92 Å². The number of benzene rings is 10. The van der Waals surface area contributed by atoms with Crippen LogP contribution in [0.2, 0.25) is 0 Å². The van der Waals surface area contributed by atoms with Crippen LogP contribution in [0.5, 0.6) is 17.2 Å². The number of nitrogens with one attached hydrogen (secondary N) is 2. The number of phenolic OH excluding ortho intramolecular Hbond substituents is 2. The smallest absolute Gasteiger partial charge is 0.240 e. The minimum atomic E-state index is 0.249. The number of nitrogen functional groups attached to an aromatic ring is 10. The lowest BCUT2D eigenvalue weighted by Crippen LogP contribution is -2.00. The van der Waals surface area contributed by atoms with Gasteiger partial charge < -0.3 is 83.0 Å². The number of aromatic hydroxyl groups is 2. The summed E-state index contributed by atoms with van der Waals surface area (Å²) in [7, 11) is 1.84. The van der Waals surface area contributed by atoms with Crippen LogP contribution < -0.4 is 78.7 Å². The summed E-state index contributed by atoms with van der Waals surface area (Å²) >= 11 is 0. The molecule has 0 radical (unpaired) electrons. The summed E-state index contributed by atoms with van der Waals surface area (Å²) in [5.74, 6) is 6.09. The van der Waals surface area contributed by atoms with Crippen molar-refractivity contribution in [1.82, 2.24) is 0 Å². The number of phenols is 2. The Morgan fingerprint density at radius 3 is 1.08 bits per heavy atom. The molecule has 0 atom stereocenters. The van der Waals surface area contributed by atoms with E-state index in [1.54, 1.807) is 146 Å². The monoisotopic (exact) mass is 1130 g/mol. The van der Waals surface area contributed by atoms with E-state index in [9.17, 15) is 9.59 Å². The number of nitrogens with two attached hydrogens (primary N) is 11. The van der Waals surface area contributed by atoms with Gasteiger partial charge in [0.2, 0.25) is 12.2 Å². The molecule has 10 rings (SSSR count). The number of hydrogen-bond donors (Lipinski definition) is 15. The third-order valence-corrected chi connectivity index (χ3v) is 10.2. The van der Waals surface area contributed by atoms with Crippen LogP contribution in [0.4, 0.5) is 85.3 Å². The average molecular weight is 1130 g/mol. The van der Waals surface area contributed by atoms with Crippen molar-refractivity contribution in [1.29, 1.82) is 0 Å². The lowest BCUT2D eigenvalue weighted by atomic mass is 10.2. The van der Waals surface area contributed by atoms with Crippen LogP contribution in [0.15, 0.2) is 259 Å². The Kier molecular flexibility index (Phi) is 32.5. The summed E-state index contributed by atoms with van der Waals surface area (Å²) < 4.78 is 0. The summed E-state index contributed by atoms with van der Waals surface area (Å²) in [6.07, 6.45) is 2.84. The van der Waals surface area contributed by atoms with Gasteiger partial charge in [-0.3, -0.25) is 0 Å². The van der Waals surface area contributed by atoms with Crippen LogP contribution in [-0.2, 0) is 9.59 Å². The van der Waals surface area contributed by atoms with Crippen LogP contribution in [0, 0.1) is 6.92 Å². The molecule has 0 bridgehead atoms. The molecule has 0 aliphatic carbocycles. The van der Waals surface area contributed by atoms with Crippen molar-refractivity contribution in [2.24, 2.45) is 15.9 Å². The SMILES string of the molecule is CNc1ccc(O)cc1.Cc1ccc(N=C=O)cc1N=C=O.NOc1ccccc1.Nc1ccc(N)cc1.Nc1ccc(N)cc1.Nc1ccc(Nc2ccccc2)cc1.Nc1ccc(O)cc1.Nc1cccc(N)c1.Nc1ccccc1N. The van der Waals surface area contributed by atoms with E-state index in [0.29, 0.717) is 51.3 Å². The fourth-order valence-corrected chi connectivity index (χ4v) is 5.81. The molecule has 84 heavy (non-hydrogen) atoms. The van der Waals surface area contributed by atoms with Gasteiger partial charge >= 0.3 is 0 Å². The minimum absolute atomic E-state index is 0.249. The molecular formula is C64H73N15O5. The standard InChI is InChI=1S/C12H12N2.C9H6N2O2.C7H9NO.4C6H8N2.2C6H7NO/c13-10-6-8-12(9-7-10)14-11-4-2-1-3-5-11;1-7-2-3-8(10-5-12)4-9(7)11-6-13;1-8-6-2-4-7(9)5-3-6;2*7-5-1-2-6(8)4-3-5;7-5-2-1-3-6(8)4-5;7-5-3-1-2-4-6(5)8;7-5-1-3-6(8)4-2-5;7-8-6-4-2-1-3-5-6/h1-9,14H,13H2;2-4H,1H3;2-5,8-9H,1H3;4*1-4H,7-8H2;1-4,8H,7H2;1-5H,7H2. The molecule has 20 nitrogen and oxygen atoms in total. The first-order valence-corrected chi connectivity index (χ1v) is 25.1. The summed E-state index contributed by atoms with van der Waals surface area (Å²) in [5, 5.41) is 23.7. The number of isocyanates is 2. The maximum Gasteiger partial charge on any atom is 0.240 e. The highest BCUT2D eigenvalue weighted by atomic mass is 16.6. The van der Waals surface area contributed by atoms with Crippen LogP contribution in [0.25, 0.3) is 0 Å². The molecule has 20 heteroatoms. The number of para-hydroxylation sites is 4. The Morgan fingerprint density at radius 2 is 0.738 bits per heavy atom. The third kappa shape index (κ3) is 32.0. The number of rotatable bonds is 6. The Labute approximate surface area is 489 Å². The maximum absolute atomic E-state index is 10.00. The molecule has 0 aliphatic rings. The van der Waals surface area contributed by atoms with Crippen LogP contribution in [0.3, 0.4) is 0 Å². The molecule has 0 aliphatic heterocycles. The minimum Gasteiger partial charge on any atom is -0.508 e. The van der Waals surface area contributed by atoms with Gasteiger partial charge in [-0.2, -0.15) is 15.9 Å². The summed E-state index contributed by atoms with van der Waals surface area (Å²) in [5.41, 5.74) is 66.0. The number of aliphatic imine (C=N–C) groups is 2. The van der Waals surface area contributed by atoms with Crippen molar-refractivity contribution >= 4 is 97.5 Å². The lowest BCUT2D eigenvalue weighted by Gasteiger charge is -2.05. The Balaban J connectivity index is 0.000000326. The molecule has 0 unspecified atom stereocenters. The van der Waals surface area contributed by atoms with Crippen molar-refractivity contribution in [3.8, 4) is 17.2 Å². The van der Waals surface area contributed by atoms with Crippen molar-refractivity contribution < 1.29 is 24.6 Å². The van der Waals surface area contributed by atoms with E-state index in [-0.39, 0.29) is 5.75 Å². The van der Waals surface area contributed by atoms with E-state index in [2.05, 4.69) is 25.5 Å². The molecule has 10 aromatic carbocycles. The highest BCUT2D eigenvalue weighted by Gasteiger charge is 1.98. The van der Waals surface area contributed by atoms with E-state index in [4.69, 9.17) is 73.4 Å². The largest absolute Gasteiger partial charge is 0.508 e. The maximum atomic E-state index is 10.00. The fourth-order valence-electron chi connectivity index (χ4n) is 5.81. The van der Waals surface area contributed by atoms with Crippen molar-refractivity contribution in [3.63, 3.8) is 0 Å². The zero-order valence-electron chi connectivity index (χ0n) is 46.5. The molecule has 0 heterocycles. The second-order valence-electron chi connectivity index (χ2n) is 16.9. The summed E-state index contributed by atoms with van der Waals surface area (Å²) in [6.45, 7) is 1.80. The van der Waals surface area contributed by atoms with Crippen LogP contribution in [0.1, 0.15) is 5.56 Å². The molecule has 0 amide bonds. The highest BCUT2D eigenvalue weighted by molar-refractivity contribution is 5.64. The zero-order valence-corrected chi connectivity index (χ0v) is 46.5. The second-order valence-corrected chi connectivity index (χ2v) is 16.9. The van der Waals surface area contributed by atoms with Gasteiger partial charge in [-0.05, 0) is 201 Å². The Bertz CT molecular complexity index is 3260. The van der Waals surface area contributed by atoms with Gasteiger partial charge in [0.1, 0.15) is 17.2 Å². The van der Waals surface area contributed by atoms with Crippen molar-refractivity contribution in [2.75, 3.05) is 75.0 Å². The van der Waals surface area contributed by atoms with Gasteiger partial charge in [-0.1, -0.05) is 60.7 Å². The topological polar surface area (TPSA) is 419 Å². The third-order valence-electron chi connectivity index (χ3n) is 10.2. The Hall–Kier alpha value is -12.1. The summed E-state index contributed by atoms with van der Waals surface area (Å²) in [4.78, 5) is 31.2. The Morgan fingerprint density at radius 1 is 0.381 bits per heavy atom. The van der Waals surface area contributed by atoms with Gasteiger partial charge in [0.25, 0.3) is 0 Å². The molecule has 0 fully saturated rings. The zero-order chi connectivity index (χ0) is 61.9. The fraction of sp³-hybridized carbons (Fsp3) is 0.0312. The first-order chi connectivity index (χ1) is 40.3. The van der Waals surface area contributed by atoms with E-state index >= 15 is 0 Å². The van der Waals surface area contributed by atoms with Gasteiger partial charge in [0, 0.05) is 69.6 Å². The lowest BCUT2D eigenvalue weighted by molar-refractivity contribution is 0.334. The van der Waals surface area contributed by atoms with Crippen LogP contribution >= 0.6 is 0 Å². The van der Waals surface area contributed by atoms with E-state index < -0.39 is 0 Å². The number of hydrogen-bond acceptors (Lipinski definition) is 20. The molecule has 26 N–H and O–H groups in total. The molecular weight excluding hydrogens is 1060 g/mol. The van der Waals surface area contributed by atoms with Crippen molar-refractivity contribution in [3.05, 3.63) is 254 Å². The van der Waals surface area contributed by atoms with Gasteiger partial charge in [-0.15, -0.1) is 0 Å². The predicted octanol–water partition coefficient (Wildman–Crippen LogP) is 11.7. The van der Waals surface area contributed by atoms with E-state index in [1.165, 1.54) is 18.2 Å². The number of aryl methyl sites for hydroxylation is 1. The van der Waals surface area contributed by atoms with Gasteiger partial charge in [0.15, 0.2) is 0 Å². The van der Waals surface area contributed by atoms with Crippen LogP contribution in [-0.4, -0.2) is 29.4 Å². The number of nitrogens with zero attached hydrogens (tertiary/aromatic N) is 2. The van der Waals surface area contributed by atoms with Gasteiger partial charge in [0.05, 0.1) is 22.7 Å². The quantitative estimate of drug-likeness (QED) is 0.0242. The van der Waals surface area contributed by atoms with Gasteiger partial charge in [-0.25, -0.2) is 9.59 Å². The number of carbonyl (C=O) groups excluding carboxylic acids is 2. The van der Waals surface area contributed by atoms with E-state index in [0.717, 1.165) is 51.1 Å². The highest BCUT2D eigenvalue weighted by Crippen LogP contribution is 2.24. The van der Waals surface area contributed by atoms with E-state index in [1.807, 2.05) is 110 Å².